The molecular weight excluding hydrogens is 214 g/mol. The second kappa shape index (κ2) is 3.52. The molecule has 4 nitrogen and oxygen atoms in total. The Kier molecular flexibility index (Phi) is 2.01. The maximum atomic E-state index is 11.9. The van der Waals surface area contributed by atoms with Crippen molar-refractivity contribution in [1.29, 1.82) is 0 Å². The highest BCUT2D eigenvalue weighted by Gasteiger charge is 2.09. The van der Waals surface area contributed by atoms with E-state index in [0.717, 1.165) is 11.0 Å². The van der Waals surface area contributed by atoms with Crippen LogP contribution in [0.15, 0.2) is 53.3 Å². The highest BCUT2D eigenvalue weighted by Crippen LogP contribution is 2.19. The summed E-state index contributed by atoms with van der Waals surface area (Å²) in [4.78, 5) is 14.7. The van der Waals surface area contributed by atoms with E-state index in [9.17, 15) is 4.79 Å². The van der Waals surface area contributed by atoms with E-state index in [4.69, 9.17) is 5.73 Å². The van der Waals surface area contributed by atoms with Crippen LogP contribution >= 0.6 is 0 Å². The zero-order valence-electron chi connectivity index (χ0n) is 9.05. The number of nitrogens with zero attached hydrogens (tertiary/aromatic N) is 1. The molecule has 2 aromatic carbocycles. The summed E-state index contributed by atoms with van der Waals surface area (Å²) in [5, 5.41) is 0. The van der Waals surface area contributed by atoms with Gasteiger partial charge in [-0.2, -0.15) is 0 Å². The number of hydrogen-bond donors (Lipinski definition) is 2. The third kappa shape index (κ3) is 1.42. The van der Waals surface area contributed by atoms with Gasteiger partial charge in [0.05, 0.1) is 22.4 Å². The molecule has 84 valence electrons. The molecule has 0 saturated carbocycles. The average molecular weight is 225 g/mol. The summed E-state index contributed by atoms with van der Waals surface area (Å²) in [7, 11) is 0. The Morgan fingerprint density at radius 1 is 1.00 bits per heavy atom. The lowest BCUT2D eigenvalue weighted by atomic mass is 10.2. The van der Waals surface area contributed by atoms with E-state index in [1.807, 2.05) is 42.5 Å². The number of nitrogens with one attached hydrogen (secondary N) is 1. The molecule has 1 aromatic heterocycles. The van der Waals surface area contributed by atoms with Gasteiger partial charge in [-0.15, -0.1) is 0 Å². The molecule has 0 amide bonds. The minimum absolute atomic E-state index is 0.177. The van der Waals surface area contributed by atoms with Crippen LogP contribution < -0.4 is 11.4 Å². The van der Waals surface area contributed by atoms with Gasteiger partial charge in [0.2, 0.25) is 0 Å². The number of hydrogen-bond acceptors (Lipinski definition) is 2. The average Bonchev–Trinajstić information content (AvgIpc) is 2.66. The van der Waals surface area contributed by atoms with Gasteiger partial charge in [-0.3, -0.25) is 4.57 Å². The number of aromatic amines is 1. The first kappa shape index (κ1) is 9.72. The molecule has 0 bridgehead atoms. The Balaban J connectivity index is 2.42. The van der Waals surface area contributed by atoms with Crippen LogP contribution in [0.1, 0.15) is 0 Å². The van der Waals surface area contributed by atoms with Crippen LogP contribution in [0.2, 0.25) is 0 Å². The summed E-state index contributed by atoms with van der Waals surface area (Å²) in [5.74, 6) is 0. The number of fused-ring (bicyclic) bond motifs is 1. The zero-order valence-corrected chi connectivity index (χ0v) is 9.05. The highest BCUT2D eigenvalue weighted by molar-refractivity contribution is 5.78. The van der Waals surface area contributed by atoms with Gasteiger partial charge in [0.15, 0.2) is 0 Å². The van der Waals surface area contributed by atoms with Crippen molar-refractivity contribution in [3.63, 3.8) is 0 Å². The molecule has 3 aromatic rings. The number of benzene rings is 2. The smallest absolute Gasteiger partial charge is 0.331 e. The van der Waals surface area contributed by atoms with Gasteiger partial charge in [-0.1, -0.05) is 24.3 Å². The Morgan fingerprint density at radius 2 is 1.71 bits per heavy atom. The summed E-state index contributed by atoms with van der Waals surface area (Å²) in [6.07, 6.45) is 0. The molecule has 3 N–H and O–H groups in total. The highest BCUT2D eigenvalue weighted by atomic mass is 16.1. The van der Waals surface area contributed by atoms with Gasteiger partial charge in [0.1, 0.15) is 0 Å². The maximum absolute atomic E-state index is 11.9. The van der Waals surface area contributed by atoms with Gasteiger partial charge < -0.3 is 10.7 Å². The summed E-state index contributed by atoms with van der Waals surface area (Å²) >= 11 is 0. The lowest BCUT2D eigenvalue weighted by Crippen LogP contribution is -2.15. The lowest BCUT2D eigenvalue weighted by Gasteiger charge is -2.06. The third-order valence-electron chi connectivity index (χ3n) is 2.77. The first-order valence-electron chi connectivity index (χ1n) is 5.32. The van der Waals surface area contributed by atoms with E-state index in [1.165, 1.54) is 0 Å². The second-order valence-electron chi connectivity index (χ2n) is 3.84. The van der Waals surface area contributed by atoms with Crippen molar-refractivity contribution in [2.45, 2.75) is 0 Å². The fraction of sp³-hybridized carbons (Fsp3) is 0. The van der Waals surface area contributed by atoms with E-state index in [0.29, 0.717) is 11.4 Å². The minimum Gasteiger partial charge on any atom is -0.397 e. The van der Waals surface area contributed by atoms with Gasteiger partial charge in [-0.05, 0) is 24.3 Å². The topological polar surface area (TPSA) is 63.8 Å². The number of nitrogen functional groups attached to an aromatic ring is 1. The number of para-hydroxylation sites is 4. The van der Waals surface area contributed by atoms with E-state index in [1.54, 1.807) is 10.6 Å². The summed E-state index contributed by atoms with van der Waals surface area (Å²) < 4.78 is 1.59. The van der Waals surface area contributed by atoms with Crippen LogP contribution in [0.4, 0.5) is 5.69 Å². The molecule has 0 aliphatic rings. The number of nitrogens with two attached hydrogens (primary N) is 1. The molecule has 0 fully saturated rings. The minimum atomic E-state index is -0.177. The molecule has 0 radical (unpaired) electrons. The molecule has 0 atom stereocenters. The Bertz CT molecular complexity index is 740. The summed E-state index contributed by atoms with van der Waals surface area (Å²) in [5.41, 5.74) is 8.64. The van der Waals surface area contributed by atoms with Crippen LogP contribution in [0, 0.1) is 0 Å². The van der Waals surface area contributed by atoms with Gasteiger partial charge in [0.25, 0.3) is 0 Å². The van der Waals surface area contributed by atoms with E-state index in [2.05, 4.69) is 4.98 Å². The SMILES string of the molecule is Nc1ccccc1-n1c(=O)[nH]c2ccccc21. The first-order chi connectivity index (χ1) is 8.27. The first-order valence-corrected chi connectivity index (χ1v) is 5.32. The maximum Gasteiger partial charge on any atom is 0.331 e. The van der Waals surface area contributed by atoms with Gasteiger partial charge in [0, 0.05) is 0 Å². The molecule has 0 spiro atoms. The molecule has 0 saturated heterocycles. The molecule has 4 heteroatoms. The van der Waals surface area contributed by atoms with Gasteiger partial charge in [-0.25, -0.2) is 4.79 Å². The van der Waals surface area contributed by atoms with Crippen molar-refractivity contribution >= 4 is 16.7 Å². The Labute approximate surface area is 97.3 Å². The fourth-order valence-electron chi connectivity index (χ4n) is 1.99. The predicted octanol–water partition coefficient (Wildman–Crippen LogP) is 1.90. The zero-order chi connectivity index (χ0) is 11.8. The molecule has 3 rings (SSSR count). The molecular formula is C13H11N3O. The summed E-state index contributed by atoms with van der Waals surface area (Å²) in [6, 6.07) is 14.9. The number of rotatable bonds is 1. The van der Waals surface area contributed by atoms with Crippen molar-refractivity contribution < 1.29 is 0 Å². The van der Waals surface area contributed by atoms with E-state index in [-0.39, 0.29) is 5.69 Å². The Hall–Kier alpha value is -2.49. The lowest BCUT2D eigenvalue weighted by molar-refractivity contribution is 1.02. The van der Waals surface area contributed by atoms with Crippen LogP contribution in [-0.2, 0) is 0 Å². The van der Waals surface area contributed by atoms with E-state index < -0.39 is 0 Å². The normalized spacial score (nSPS) is 10.8. The monoisotopic (exact) mass is 225 g/mol. The van der Waals surface area contributed by atoms with Crippen molar-refractivity contribution in [2.24, 2.45) is 0 Å². The van der Waals surface area contributed by atoms with Crippen molar-refractivity contribution in [3.8, 4) is 5.69 Å². The molecule has 0 aliphatic carbocycles. The van der Waals surface area contributed by atoms with Crippen molar-refractivity contribution in [2.75, 3.05) is 5.73 Å². The summed E-state index contributed by atoms with van der Waals surface area (Å²) in [6.45, 7) is 0. The third-order valence-corrected chi connectivity index (χ3v) is 2.77. The number of anilines is 1. The molecule has 0 unspecified atom stereocenters. The predicted molar refractivity (Wildman–Crippen MR) is 68.3 cm³/mol. The quantitative estimate of drug-likeness (QED) is 0.621. The standard InChI is InChI=1S/C13H11N3O/c14-9-5-1-3-7-11(9)16-12-8-4-2-6-10(12)15-13(16)17/h1-8H,14H2,(H,15,17). The van der Waals surface area contributed by atoms with Crippen molar-refractivity contribution in [1.82, 2.24) is 9.55 Å². The molecule has 0 aliphatic heterocycles. The van der Waals surface area contributed by atoms with Crippen LogP contribution in [-0.4, -0.2) is 9.55 Å². The molecule has 1 heterocycles. The van der Waals surface area contributed by atoms with Crippen LogP contribution in [0.25, 0.3) is 16.7 Å². The fourth-order valence-corrected chi connectivity index (χ4v) is 1.99. The Morgan fingerprint density at radius 3 is 2.53 bits per heavy atom. The van der Waals surface area contributed by atoms with Crippen LogP contribution in [0.5, 0.6) is 0 Å². The molecule has 17 heavy (non-hydrogen) atoms. The number of H-pyrrole nitrogens is 1. The second-order valence-corrected chi connectivity index (χ2v) is 3.84. The van der Waals surface area contributed by atoms with Gasteiger partial charge >= 0.3 is 5.69 Å². The van der Waals surface area contributed by atoms with Crippen molar-refractivity contribution in [3.05, 3.63) is 59.0 Å². The van der Waals surface area contributed by atoms with Crippen LogP contribution in [0.3, 0.4) is 0 Å². The largest absolute Gasteiger partial charge is 0.397 e. The number of imidazole rings is 1. The van der Waals surface area contributed by atoms with E-state index >= 15 is 0 Å². The number of aromatic nitrogens is 2.